The molecule has 2 rings (SSSR count). The maximum atomic E-state index is 12.4. The Hall–Kier alpha value is -1.10. The number of carbonyl (C=O) groups is 2. The summed E-state index contributed by atoms with van der Waals surface area (Å²) < 4.78 is 0. The molecule has 0 spiro atoms. The van der Waals surface area contributed by atoms with E-state index in [1.54, 1.807) is 0 Å². The SMILES string of the molecule is O=C(O)CCCCC1CCCC(NC(=O)C2CCCCC2O)C1. The molecule has 5 nitrogen and oxygen atoms in total. The molecule has 0 bridgehead atoms. The third-order valence-corrected chi connectivity index (χ3v) is 5.45. The predicted octanol–water partition coefficient (Wildman–Crippen LogP) is 2.86. The number of amides is 1. The Morgan fingerprint density at radius 3 is 2.52 bits per heavy atom. The summed E-state index contributed by atoms with van der Waals surface area (Å²) in [6.45, 7) is 0. The quantitative estimate of drug-likeness (QED) is 0.628. The van der Waals surface area contributed by atoms with Crippen molar-refractivity contribution < 1.29 is 19.8 Å². The predicted molar refractivity (Wildman–Crippen MR) is 88.0 cm³/mol. The lowest BCUT2D eigenvalue weighted by atomic mass is 9.81. The Morgan fingerprint density at radius 2 is 1.78 bits per heavy atom. The van der Waals surface area contributed by atoms with Gasteiger partial charge in [-0.05, 0) is 38.0 Å². The number of aliphatic hydroxyl groups excluding tert-OH is 1. The number of hydrogen-bond donors (Lipinski definition) is 3. The van der Waals surface area contributed by atoms with Crippen LogP contribution in [0.2, 0.25) is 0 Å². The molecule has 0 aromatic heterocycles. The standard InChI is InChI=1S/C18H31NO4/c20-16-10-3-2-9-15(16)18(23)19-14-8-5-7-13(12-14)6-1-4-11-17(21)22/h13-16,20H,1-12H2,(H,19,23)(H,21,22). The number of aliphatic carboxylic acids is 1. The summed E-state index contributed by atoms with van der Waals surface area (Å²) in [4.78, 5) is 22.9. The number of hydrogen-bond acceptors (Lipinski definition) is 3. The second-order valence-electron chi connectivity index (χ2n) is 7.34. The minimum absolute atomic E-state index is 0.0359. The van der Waals surface area contributed by atoms with E-state index in [0.29, 0.717) is 5.92 Å². The van der Waals surface area contributed by atoms with Crippen LogP contribution < -0.4 is 5.32 Å². The zero-order valence-electron chi connectivity index (χ0n) is 14.0. The molecular weight excluding hydrogens is 294 g/mol. The molecule has 2 aliphatic carbocycles. The van der Waals surface area contributed by atoms with Gasteiger partial charge >= 0.3 is 5.97 Å². The number of carboxylic acid groups (broad SMARTS) is 1. The van der Waals surface area contributed by atoms with Crippen molar-refractivity contribution in [3.05, 3.63) is 0 Å². The molecular formula is C18H31NO4. The first kappa shape index (κ1) is 18.2. The van der Waals surface area contributed by atoms with Crippen LogP contribution in [0.4, 0.5) is 0 Å². The lowest BCUT2D eigenvalue weighted by Crippen LogP contribution is -2.45. The van der Waals surface area contributed by atoms with Crippen molar-refractivity contribution in [1.29, 1.82) is 0 Å². The highest BCUT2D eigenvalue weighted by Gasteiger charge is 2.31. The van der Waals surface area contributed by atoms with Crippen LogP contribution in [-0.4, -0.2) is 34.2 Å². The van der Waals surface area contributed by atoms with Crippen molar-refractivity contribution in [3.63, 3.8) is 0 Å². The summed E-state index contributed by atoms with van der Waals surface area (Å²) >= 11 is 0. The van der Waals surface area contributed by atoms with Gasteiger partial charge in [-0.25, -0.2) is 0 Å². The van der Waals surface area contributed by atoms with E-state index in [9.17, 15) is 14.7 Å². The van der Waals surface area contributed by atoms with Crippen molar-refractivity contribution in [2.24, 2.45) is 11.8 Å². The summed E-state index contributed by atoms with van der Waals surface area (Å²) in [6.07, 6.45) is 10.5. The Bertz CT molecular complexity index is 398. The molecule has 132 valence electrons. The van der Waals surface area contributed by atoms with Gasteiger partial charge in [0.15, 0.2) is 0 Å². The topological polar surface area (TPSA) is 86.6 Å². The van der Waals surface area contributed by atoms with Crippen LogP contribution >= 0.6 is 0 Å². The van der Waals surface area contributed by atoms with Gasteiger partial charge in [0.2, 0.25) is 5.91 Å². The van der Waals surface area contributed by atoms with Crippen LogP contribution in [-0.2, 0) is 9.59 Å². The molecule has 4 atom stereocenters. The monoisotopic (exact) mass is 325 g/mol. The number of aliphatic hydroxyl groups is 1. The smallest absolute Gasteiger partial charge is 0.303 e. The zero-order chi connectivity index (χ0) is 16.7. The van der Waals surface area contributed by atoms with Crippen LogP contribution in [0.3, 0.4) is 0 Å². The van der Waals surface area contributed by atoms with E-state index in [2.05, 4.69) is 5.32 Å². The third kappa shape index (κ3) is 6.13. The Balaban J connectivity index is 1.70. The molecule has 0 radical (unpaired) electrons. The molecule has 4 unspecified atom stereocenters. The van der Waals surface area contributed by atoms with Crippen LogP contribution in [0.5, 0.6) is 0 Å². The summed E-state index contributed by atoms with van der Waals surface area (Å²) in [7, 11) is 0. The van der Waals surface area contributed by atoms with E-state index >= 15 is 0 Å². The molecule has 5 heteroatoms. The first-order valence-corrected chi connectivity index (χ1v) is 9.26. The molecule has 2 fully saturated rings. The summed E-state index contributed by atoms with van der Waals surface area (Å²) in [5.41, 5.74) is 0. The first-order chi connectivity index (χ1) is 11.1. The number of unbranched alkanes of at least 4 members (excludes halogenated alkanes) is 1. The second kappa shape index (κ2) is 9.26. The van der Waals surface area contributed by atoms with Gasteiger partial charge in [0.1, 0.15) is 0 Å². The zero-order valence-corrected chi connectivity index (χ0v) is 14.0. The average Bonchev–Trinajstić information content (AvgIpc) is 2.52. The van der Waals surface area contributed by atoms with Crippen molar-refractivity contribution >= 4 is 11.9 Å². The fraction of sp³-hybridized carbons (Fsp3) is 0.889. The van der Waals surface area contributed by atoms with Crippen LogP contribution in [0.15, 0.2) is 0 Å². The Morgan fingerprint density at radius 1 is 1.00 bits per heavy atom. The molecule has 2 aliphatic rings. The van der Waals surface area contributed by atoms with Gasteiger partial charge in [0.05, 0.1) is 12.0 Å². The molecule has 23 heavy (non-hydrogen) atoms. The summed E-state index contributed by atoms with van der Waals surface area (Å²) in [5.74, 6) is -0.308. The normalized spacial score (nSPS) is 31.5. The van der Waals surface area contributed by atoms with E-state index in [1.807, 2.05) is 0 Å². The highest BCUT2D eigenvalue weighted by Crippen LogP contribution is 2.30. The maximum absolute atomic E-state index is 12.4. The van der Waals surface area contributed by atoms with Crippen molar-refractivity contribution in [2.45, 2.75) is 89.2 Å². The fourth-order valence-electron chi connectivity index (χ4n) is 4.12. The highest BCUT2D eigenvalue weighted by atomic mass is 16.4. The van der Waals surface area contributed by atoms with Gasteiger partial charge in [-0.1, -0.05) is 38.5 Å². The largest absolute Gasteiger partial charge is 0.481 e. The van der Waals surface area contributed by atoms with E-state index in [0.717, 1.165) is 64.2 Å². The first-order valence-electron chi connectivity index (χ1n) is 9.26. The van der Waals surface area contributed by atoms with Gasteiger partial charge in [-0.15, -0.1) is 0 Å². The van der Waals surface area contributed by atoms with Crippen LogP contribution in [0.25, 0.3) is 0 Å². The van der Waals surface area contributed by atoms with Crippen LogP contribution in [0.1, 0.15) is 77.0 Å². The minimum atomic E-state index is -0.718. The maximum Gasteiger partial charge on any atom is 0.303 e. The van der Waals surface area contributed by atoms with Gasteiger partial charge in [0.25, 0.3) is 0 Å². The number of rotatable bonds is 7. The van der Waals surface area contributed by atoms with Gasteiger partial charge < -0.3 is 15.5 Å². The van der Waals surface area contributed by atoms with Crippen molar-refractivity contribution in [3.8, 4) is 0 Å². The summed E-state index contributed by atoms with van der Waals surface area (Å²) in [5, 5.41) is 21.8. The minimum Gasteiger partial charge on any atom is -0.481 e. The molecule has 0 heterocycles. The number of carboxylic acids is 1. The number of carbonyl (C=O) groups excluding carboxylic acids is 1. The van der Waals surface area contributed by atoms with E-state index in [-0.39, 0.29) is 24.3 Å². The van der Waals surface area contributed by atoms with Crippen molar-refractivity contribution in [1.82, 2.24) is 5.32 Å². The molecule has 0 aromatic carbocycles. The lowest BCUT2D eigenvalue weighted by molar-refractivity contribution is -0.137. The molecule has 0 saturated heterocycles. The molecule has 2 saturated carbocycles. The highest BCUT2D eigenvalue weighted by molar-refractivity contribution is 5.79. The summed E-state index contributed by atoms with van der Waals surface area (Å²) in [6, 6.07) is 0.231. The molecule has 1 amide bonds. The van der Waals surface area contributed by atoms with Crippen molar-refractivity contribution in [2.75, 3.05) is 0 Å². The van der Waals surface area contributed by atoms with E-state index in [4.69, 9.17) is 5.11 Å². The lowest BCUT2D eigenvalue weighted by Gasteiger charge is -2.33. The molecule has 3 N–H and O–H groups in total. The average molecular weight is 325 g/mol. The fourth-order valence-corrected chi connectivity index (χ4v) is 4.12. The molecule has 0 aromatic rings. The van der Waals surface area contributed by atoms with Crippen LogP contribution in [0, 0.1) is 11.8 Å². The Labute approximate surface area is 138 Å². The van der Waals surface area contributed by atoms with Gasteiger partial charge in [0, 0.05) is 12.5 Å². The third-order valence-electron chi connectivity index (χ3n) is 5.45. The van der Waals surface area contributed by atoms with E-state index < -0.39 is 12.1 Å². The second-order valence-corrected chi connectivity index (χ2v) is 7.34. The van der Waals surface area contributed by atoms with Gasteiger partial charge in [-0.3, -0.25) is 9.59 Å². The van der Waals surface area contributed by atoms with E-state index in [1.165, 1.54) is 6.42 Å². The Kier molecular flexibility index (Phi) is 7.34. The number of nitrogens with one attached hydrogen (secondary N) is 1. The molecule has 0 aliphatic heterocycles. The van der Waals surface area contributed by atoms with Gasteiger partial charge in [-0.2, -0.15) is 0 Å².